The van der Waals surface area contributed by atoms with Crippen LogP contribution in [-0.2, 0) is 9.47 Å². The van der Waals surface area contributed by atoms with Gasteiger partial charge in [-0.25, -0.2) is 4.79 Å². The largest absolute Gasteiger partial charge is 0.441 e. The molecule has 2 atom stereocenters. The fourth-order valence-electron chi connectivity index (χ4n) is 4.51. The first-order chi connectivity index (χ1) is 13.6. The van der Waals surface area contributed by atoms with Crippen molar-refractivity contribution in [3.05, 3.63) is 71.3 Å². The van der Waals surface area contributed by atoms with Crippen molar-refractivity contribution in [2.75, 3.05) is 26.7 Å². The minimum atomic E-state index is -0.350. The van der Waals surface area contributed by atoms with Crippen LogP contribution in [0.3, 0.4) is 0 Å². The van der Waals surface area contributed by atoms with Crippen LogP contribution in [0.1, 0.15) is 35.4 Å². The topological polar surface area (TPSA) is 50.8 Å². The van der Waals surface area contributed by atoms with Crippen LogP contribution in [-0.4, -0.2) is 49.6 Å². The normalized spacial score (nSPS) is 21.1. The molecule has 0 aromatic heterocycles. The number of carbonyl (C=O) groups excluding carboxylic acids is 1. The molecule has 5 heteroatoms. The summed E-state index contributed by atoms with van der Waals surface area (Å²) in [5.74, 6) is 0.115. The van der Waals surface area contributed by atoms with Crippen molar-refractivity contribution < 1.29 is 14.3 Å². The monoisotopic (exact) mass is 380 g/mol. The summed E-state index contributed by atoms with van der Waals surface area (Å²) in [5, 5.41) is 2.81. The number of benzene rings is 2. The molecule has 0 radical (unpaired) electrons. The molecule has 0 aliphatic carbocycles. The molecular formula is C23H28N2O3. The van der Waals surface area contributed by atoms with Crippen molar-refractivity contribution in [3.63, 3.8) is 0 Å². The molecule has 2 aromatic rings. The van der Waals surface area contributed by atoms with Crippen LogP contribution in [0.25, 0.3) is 0 Å². The number of rotatable bonds is 5. The summed E-state index contributed by atoms with van der Waals surface area (Å²) in [7, 11) is 1.79. The minimum absolute atomic E-state index is 0.0772. The van der Waals surface area contributed by atoms with E-state index in [0.29, 0.717) is 6.54 Å². The van der Waals surface area contributed by atoms with E-state index in [1.807, 2.05) is 6.07 Å². The van der Waals surface area contributed by atoms with Crippen LogP contribution >= 0.6 is 0 Å². The van der Waals surface area contributed by atoms with Gasteiger partial charge in [-0.2, -0.15) is 0 Å². The summed E-state index contributed by atoms with van der Waals surface area (Å²) in [6.45, 7) is 4.40. The summed E-state index contributed by atoms with van der Waals surface area (Å²) in [6, 6.07) is 19.2. The molecule has 2 unspecified atom stereocenters. The van der Waals surface area contributed by atoms with Gasteiger partial charge in [0.25, 0.3) is 0 Å². The third kappa shape index (κ3) is 3.77. The van der Waals surface area contributed by atoms with Gasteiger partial charge in [0.15, 0.2) is 0 Å². The molecule has 2 fully saturated rings. The van der Waals surface area contributed by atoms with Crippen LogP contribution < -0.4 is 5.32 Å². The van der Waals surface area contributed by atoms with E-state index in [1.54, 1.807) is 7.11 Å². The van der Waals surface area contributed by atoms with Crippen LogP contribution in [0.4, 0.5) is 4.79 Å². The van der Waals surface area contributed by atoms with Crippen molar-refractivity contribution >= 4 is 6.09 Å². The number of likely N-dealkylation sites (tertiary alicyclic amines) is 1. The van der Waals surface area contributed by atoms with Gasteiger partial charge in [-0.3, -0.25) is 4.90 Å². The first-order valence-electron chi connectivity index (χ1n) is 9.95. The van der Waals surface area contributed by atoms with Gasteiger partial charge in [0.05, 0.1) is 6.54 Å². The van der Waals surface area contributed by atoms with Gasteiger partial charge in [0.1, 0.15) is 11.8 Å². The lowest BCUT2D eigenvalue weighted by molar-refractivity contribution is -0.0847. The lowest BCUT2D eigenvalue weighted by Crippen LogP contribution is -2.52. The Balaban J connectivity index is 1.60. The zero-order chi connectivity index (χ0) is 19.6. The van der Waals surface area contributed by atoms with Crippen molar-refractivity contribution in [1.82, 2.24) is 10.2 Å². The number of carbonyl (C=O) groups is 1. The maximum Gasteiger partial charge on any atom is 0.407 e. The molecule has 4 rings (SSSR count). The highest BCUT2D eigenvalue weighted by molar-refractivity contribution is 5.70. The van der Waals surface area contributed by atoms with E-state index in [2.05, 4.69) is 65.7 Å². The van der Waals surface area contributed by atoms with Gasteiger partial charge in [0, 0.05) is 39.0 Å². The average molecular weight is 380 g/mol. The molecule has 2 saturated heterocycles. The van der Waals surface area contributed by atoms with E-state index in [9.17, 15) is 4.79 Å². The lowest BCUT2D eigenvalue weighted by Gasteiger charge is -2.43. The molecule has 2 heterocycles. The summed E-state index contributed by atoms with van der Waals surface area (Å²) >= 11 is 0. The summed E-state index contributed by atoms with van der Waals surface area (Å²) < 4.78 is 11.7. The van der Waals surface area contributed by atoms with Crippen molar-refractivity contribution in [1.29, 1.82) is 0 Å². The second-order valence-electron chi connectivity index (χ2n) is 7.89. The van der Waals surface area contributed by atoms with Gasteiger partial charge in [-0.1, -0.05) is 60.2 Å². The molecule has 0 saturated carbocycles. The maximum absolute atomic E-state index is 11.5. The van der Waals surface area contributed by atoms with Crippen LogP contribution in [0.5, 0.6) is 0 Å². The number of hydrogen-bond acceptors (Lipinski definition) is 4. The SMILES string of the molecule is COC(C(c1ccccc1)c1cccc(C)c1)N1CCC2(CC1)CNC(=O)O2. The molecule has 28 heavy (non-hydrogen) atoms. The van der Waals surface area contributed by atoms with E-state index in [-0.39, 0.29) is 23.8 Å². The number of methoxy groups -OCH3 is 1. The highest BCUT2D eigenvalue weighted by Crippen LogP contribution is 2.36. The highest BCUT2D eigenvalue weighted by Gasteiger charge is 2.45. The van der Waals surface area contributed by atoms with Gasteiger partial charge >= 0.3 is 6.09 Å². The summed E-state index contributed by atoms with van der Waals surface area (Å²) in [6.07, 6.45) is 1.27. The molecule has 2 aromatic carbocycles. The smallest absolute Gasteiger partial charge is 0.407 e. The standard InChI is InChI=1S/C23H28N2O3/c1-17-7-6-10-19(15-17)20(18-8-4-3-5-9-18)21(27-2)25-13-11-23(12-14-25)16-24-22(26)28-23/h3-10,15,20-21H,11-14,16H2,1-2H3,(H,24,26). The van der Waals surface area contributed by atoms with E-state index in [4.69, 9.17) is 9.47 Å². The predicted octanol–water partition coefficient (Wildman–Crippen LogP) is 3.67. The predicted molar refractivity (Wildman–Crippen MR) is 108 cm³/mol. The number of hydrogen-bond donors (Lipinski definition) is 1. The number of ether oxygens (including phenoxy) is 2. The number of piperidine rings is 1. The second kappa shape index (κ2) is 7.94. The zero-order valence-corrected chi connectivity index (χ0v) is 16.6. The number of aryl methyl sites for hydroxylation is 1. The number of amides is 1. The average Bonchev–Trinajstić information content (AvgIpc) is 3.07. The Morgan fingerprint density at radius 2 is 1.79 bits per heavy atom. The molecule has 1 N–H and O–H groups in total. The van der Waals surface area contributed by atoms with Gasteiger partial charge < -0.3 is 14.8 Å². The lowest BCUT2D eigenvalue weighted by atomic mass is 9.86. The Morgan fingerprint density at radius 1 is 1.07 bits per heavy atom. The van der Waals surface area contributed by atoms with Crippen LogP contribution in [0.15, 0.2) is 54.6 Å². The molecule has 1 spiro atoms. The van der Waals surface area contributed by atoms with E-state index in [0.717, 1.165) is 25.9 Å². The minimum Gasteiger partial charge on any atom is -0.441 e. The van der Waals surface area contributed by atoms with Crippen LogP contribution in [0, 0.1) is 6.92 Å². The third-order valence-electron chi connectivity index (χ3n) is 6.02. The first-order valence-corrected chi connectivity index (χ1v) is 9.95. The zero-order valence-electron chi connectivity index (χ0n) is 16.6. The quantitative estimate of drug-likeness (QED) is 0.860. The van der Waals surface area contributed by atoms with Crippen LogP contribution in [0.2, 0.25) is 0 Å². The molecule has 0 bridgehead atoms. The van der Waals surface area contributed by atoms with E-state index in [1.165, 1.54) is 16.7 Å². The summed E-state index contributed by atoms with van der Waals surface area (Å²) in [4.78, 5) is 13.9. The van der Waals surface area contributed by atoms with Gasteiger partial charge in [-0.15, -0.1) is 0 Å². The summed E-state index contributed by atoms with van der Waals surface area (Å²) in [5.41, 5.74) is 3.40. The Labute approximate surface area is 166 Å². The molecule has 5 nitrogen and oxygen atoms in total. The number of nitrogens with one attached hydrogen (secondary N) is 1. The van der Waals surface area contributed by atoms with Gasteiger partial charge in [-0.05, 0) is 18.1 Å². The fourth-order valence-corrected chi connectivity index (χ4v) is 4.51. The Morgan fingerprint density at radius 3 is 2.39 bits per heavy atom. The fraction of sp³-hybridized carbons (Fsp3) is 0.435. The number of nitrogens with zero attached hydrogens (tertiary/aromatic N) is 1. The molecular weight excluding hydrogens is 352 g/mol. The van der Waals surface area contributed by atoms with Crippen molar-refractivity contribution in [2.45, 2.75) is 37.5 Å². The number of alkyl carbamates (subject to hydrolysis) is 1. The first kappa shape index (κ1) is 19.0. The molecule has 1 amide bonds. The molecule has 148 valence electrons. The Kier molecular flexibility index (Phi) is 5.38. The Bertz CT molecular complexity index is 816. The van der Waals surface area contributed by atoms with Gasteiger partial charge in [0.2, 0.25) is 0 Å². The maximum atomic E-state index is 11.5. The van der Waals surface area contributed by atoms with E-state index >= 15 is 0 Å². The van der Waals surface area contributed by atoms with Crippen molar-refractivity contribution in [2.24, 2.45) is 0 Å². The van der Waals surface area contributed by atoms with E-state index < -0.39 is 0 Å². The highest BCUT2D eigenvalue weighted by atomic mass is 16.6. The molecule has 2 aliphatic heterocycles. The van der Waals surface area contributed by atoms with Crippen molar-refractivity contribution in [3.8, 4) is 0 Å². The third-order valence-corrected chi connectivity index (χ3v) is 6.02. The molecule has 2 aliphatic rings. The second-order valence-corrected chi connectivity index (χ2v) is 7.89. The Hall–Kier alpha value is -2.37.